The summed E-state index contributed by atoms with van der Waals surface area (Å²) >= 11 is 5.95. The molecule has 1 N–H and O–H groups in total. The van der Waals surface area contributed by atoms with Crippen molar-refractivity contribution in [2.75, 3.05) is 7.05 Å². The van der Waals surface area contributed by atoms with Crippen molar-refractivity contribution in [3.05, 3.63) is 46.2 Å². The first kappa shape index (κ1) is 23.2. The molecule has 2 aromatic rings. The summed E-state index contributed by atoms with van der Waals surface area (Å²) in [5.41, 5.74) is -1.96. The Morgan fingerprint density at radius 1 is 1.23 bits per heavy atom. The van der Waals surface area contributed by atoms with E-state index in [2.05, 4.69) is 0 Å². The number of alkyl halides is 3. The first-order valence-electron chi connectivity index (χ1n) is 9.89. The zero-order chi connectivity index (χ0) is 23.3. The van der Waals surface area contributed by atoms with Crippen LogP contribution in [0.4, 0.5) is 13.2 Å². The van der Waals surface area contributed by atoms with Gasteiger partial charge in [0.15, 0.2) is 0 Å². The number of likely N-dealkylation sites (N-methyl/N-ethyl adjacent to an activating group) is 1. The second-order valence-electron chi connectivity index (χ2n) is 8.41. The summed E-state index contributed by atoms with van der Waals surface area (Å²) in [7, 11) is 1.34. The van der Waals surface area contributed by atoms with Gasteiger partial charge in [-0.2, -0.15) is 13.2 Å². The summed E-state index contributed by atoms with van der Waals surface area (Å²) in [6.07, 6.45) is -4.17. The number of hydrogen-bond acceptors (Lipinski definition) is 2. The van der Waals surface area contributed by atoms with E-state index < -0.39 is 29.3 Å². The van der Waals surface area contributed by atoms with Crippen LogP contribution >= 0.6 is 11.6 Å². The van der Waals surface area contributed by atoms with E-state index >= 15 is 0 Å². The molecule has 31 heavy (non-hydrogen) atoms. The molecule has 0 bridgehead atoms. The van der Waals surface area contributed by atoms with Gasteiger partial charge in [0.2, 0.25) is 0 Å². The van der Waals surface area contributed by atoms with E-state index in [4.69, 9.17) is 11.6 Å². The molecule has 0 saturated heterocycles. The van der Waals surface area contributed by atoms with Crippen LogP contribution in [0.5, 0.6) is 0 Å². The fraction of sp³-hybridized carbons (Fsp3) is 0.455. The van der Waals surface area contributed by atoms with Gasteiger partial charge in [-0.15, -0.1) is 0 Å². The zero-order valence-electron chi connectivity index (χ0n) is 17.7. The van der Waals surface area contributed by atoms with Crippen molar-refractivity contribution in [2.45, 2.75) is 51.9 Å². The minimum absolute atomic E-state index is 0.0434. The first-order chi connectivity index (χ1) is 14.3. The summed E-state index contributed by atoms with van der Waals surface area (Å²) in [5, 5.41) is 10.0. The highest BCUT2D eigenvalue weighted by molar-refractivity contribution is 6.30. The molecule has 168 valence electrons. The van der Waals surface area contributed by atoms with Crippen molar-refractivity contribution in [2.24, 2.45) is 5.92 Å². The monoisotopic (exact) mass is 456 g/mol. The van der Waals surface area contributed by atoms with Crippen molar-refractivity contribution in [1.82, 2.24) is 9.47 Å². The van der Waals surface area contributed by atoms with E-state index in [0.717, 1.165) is 9.47 Å². The van der Waals surface area contributed by atoms with Gasteiger partial charge in [-0.3, -0.25) is 4.79 Å². The van der Waals surface area contributed by atoms with Crippen LogP contribution in [0.2, 0.25) is 5.02 Å². The molecule has 5 nitrogen and oxygen atoms in total. The number of carboxylic acids is 1. The van der Waals surface area contributed by atoms with Crippen molar-refractivity contribution < 1.29 is 27.9 Å². The Kier molecular flexibility index (Phi) is 5.90. The average molecular weight is 457 g/mol. The molecule has 1 amide bonds. The normalized spacial score (nSPS) is 15.3. The molecule has 9 heteroatoms. The summed E-state index contributed by atoms with van der Waals surface area (Å²) in [4.78, 5) is 26.4. The van der Waals surface area contributed by atoms with Gasteiger partial charge in [0.1, 0.15) is 16.9 Å². The maximum absolute atomic E-state index is 14.1. The molecule has 1 aromatic heterocycles. The van der Waals surface area contributed by atoms with Crippen LogP contribution in [0, 0.1) is 12.8 Å². The van der Waals surface area contributed by atoms with E-state index in [0.29, 0.717) is 10.6 Å². The van der Waals surface area contributed by atoms with Gasteiger partial charge < -0.3 is 14.6 Å². The van der Waals surface area contributed by atoms with Gasteiger partial charge in [0.25, 0.3) is 5.91 Å². The fourth-order valence-electron chi connectivity index (χ4n) is 4.02. The Bertz CT molecular complexity index is 1020. The van der Waals surface area contributed by atoms with Crippen molar-refractivity contribution >= 4 is 23.5 Å². The number of carbonyl (C=O) groups excluding carboxylic acids is 1. The largest absolute Gasteiger partial charge is 0.479 e. The van der Waals surface area contributed by atoms with Crippen LogP contribution in [0.25, 0.3) is 11.1 Å². The van der Waals surface area contributed by atoms with E-state index in [1.807, 2.05) is 0 Å². The number of amides is 1. The lowest BCUT2D eigenvalue weighted by atomic mass is 10.00. The predicted molar refractivity (Wildman–Crippen MR) is 111 cm³/mol. The molecule has 1 aromatic carbocycles. The van der Waals surface area contributed by atoms with Crippen molar-refractivity contribution in [1.29, 1.82) is 0 Å². The Balaban J connectivity index is 2.32. The van der Waals surface area contributed by atoms with Crippen LogP contribution in [-0.2, 0) is 17.5 Å². The maximum Gasteiger partial charge on any atom is 0.431 e. The lowest BCUT2D eigenvalue weighted by Gasteiger charge is -2.26. The molecule has 0 radical (unpaired) electrons. The Labute approximate surface area is 183 Å². The molecular weight excluding hydrogens is 433 g/mol. The van der Waals surface area contributed by atoms with Gasteiger partial charge in [0.05, 0.1) is 0 Å². The van der Waals surface area contributed by atoms with Gasteiger partial charge in [0, 0.05) is 24.2 Å². The van der Waals surface area contributed by atoms with Crippen LogP contribution in [0.1, 0.15) is 48.4 Å². The second kappa shape index (κ2) is 7.89. The average Bonchev–Trinajstić information content (AvgIpc) is 3.41. The first-order valence-corrected chi connectivity index (χ1v) is 10.3. The predicted octanol–water partition coefficient (Wildman–Crippen LogP) is 5.48. The number of rotatable bonds is 6. The topological polar surface area (TPSA) is 62.5 Å². The highest BCUT2D eigenvalue weighted by Crippen LogP contribution is 2.45. The number of aromatic nitrogens is 1. The molecule has 1 saturated carbocycles. The van der Waals surface area contributed by atoms with E-state index in [1.54, 1.807) is 38.1 Å². The van der Waals surface area contributed by atoms with Gasteiger partial charge in [-0.1, -0.05) is 37.6 Å². The third-order valence-corrected chi connectivity index (χ3v) is 5.98. The van der Waals surface area contributed by atoms with Gasteiger partial charge in [-0.05, 0) is 48.9 Å². The summed E-state index contributed by atoms with van der Waals surface area (Å²) < 4.78 is 43.3. The zero-order valence-corrected chi connectivity index (χ0v) is 18.4. The highest BCUT2D eigenvalue weighted by atomic mass is 35.5. The molecule has 1 aliphatic rings. The van der Waals surface area contributed by atoms with Gasteiger partial charge >= 0.3 is 12.1 Å². The lowest BCUT2D eigenvalue weighted by Crippen LogP contribution is -2.45. The minimum atomic E-state index is -4.69. The molecule has 3 rings (SSSR count). The molecule has 0 unspecified atom stereocenters. The maximum atomic E-state index is 14.1. The van der Waals surface area contributed by atoms with E-state index in [1.165, 1.54) is 14.0 Å². The number of benzene rings is 1. The smallest absolute Gasteiger partial charge is 0.431 e. The fourth-order valence-corrected chi connectivity index (χ4v) is 4.14. The van der Waals surface area contributed by atoms with Crippen LogP contribution in [0.15, 0.2) is 24.3 Å². The molecule has 1 fully saturated rings. The highest BCUT2D eigenvalue weighted by Gasteiger charge is 2.56. The molecule has 0 spiro atoms. The number of nitrogens with zero attached hydrogens (tertiary/aromatic N) is 2. The molecular formula is C22H24ClF3N2O3. The molecule has 0 atom stereocenters. The second-order valence-corrected chi connectivity index (χ2v) is 8.84. The number of halogens is 4. The number of carbonyl (C=O) groups is 2. The Hall–Kier alpha value is -2.48. The number of aliphatic carboxylic acids is 1. The van der Waals surface area contributed by atoms with E-state index in [9.17, 15) is 27.9 Å². The molecule has 1 heterocycles. The summed E-state index contributed by atoms with van der Waals surface area (Å²) in [6, 6.07) is 6.21. The third kappa shape index (κ3) is 4.05. The molecule has 0 aliphatic heterocycles. The number of hydrogen-bond donors (Lipinski definition) is 1. The Morgan fingerprint density at radius 2 is 1.77 bits per heavy atom. The third-order valence-electron chi connectivity index (χ3n) is 5.73. The Morgan fingerprint density at radius 3 is 2.19 bits per heavy atom. The minimum Gasteiger partial charge on any atom is -0.479 e. The quantitative estimate of drug-likeness (QED) is 0.626. The summed E-state index contributed by atoms with van der Waals surface area (Å²) in [6.45, 7) is 4.81. The van der Waals surface area contributed by atoms with E-state index in [-0.39, 0.29) is 42.1 Å². The van der Waals surface area contributed by atoms with Crippen LogP contribution in [-0.4, -0.2) is 39.0 Å². The SMILES string of the molecule is Cc1c(-c2ccc(Cl)cc2)c(C(=O)N(C)C2(C(=O)O)CC2)n(CC(C)C)c1C(F)(F)F. The van der Waals surface area contributed by atoms with Crippen LogP contribution < -0.4 is 0 Å². The van der Waals surface area contributed by atoms with Crippen molar-refractivity contribution in [3.63, 3.8) is 0 Å². The van der Waals surface area contributed by atoms with Crippen LogP contribution in [0.3, 0.4) is 0 Å². The molecule has 1 aliphatic carbocycles. The van der Waals surface area contributed by atoms with Crippen molar-refractivity contribution in [3.8, 4) is 11.1 Å². The standard InChI is InChI=1S/C22H24ClF3N2O3/c1-12(2)11-28-17(19(29)27(4)21(9-10-21)20(30)31)16(13(3)18(28)22(24,25)26)14-5-7-15(23)8-6-14/h5-8,12H,9-11H2,1-4H3,(H,30,31). The lowest BCUT2D eigenvalue weighted by molar-refractivity contribution is -0.145. The van der Waals surface area contributed by atoms with Gasteiger partial charge in [-0.25, -0.2) is 4.79 Å². The summed E-state index contributed by atoms with van der Waals surface area (Å²) in [5.74, 6) is -2.09. The number of carboxylic acid groups (broad SMARTS) is 1.